The molecule has 0 spiro atoms. The van der Waals surface area contributed by atoms with Gasteiger partial charge >= 0.3 is 5.97 Å². The van der Waals surface area contributed by atoms with E-state index in [4.69, 9.17) is 4.74 Å². The molecule has 1 N–H and O–H groups in total. The van der Waals surface area contributed by atoms with Crippen LogP contribution >= 0.6 is 0 Å². The Hall–Kier alpha value is -1.14. The van der Waals surface area contributed by atoms with Gasteiger partial charge in [0.2, 0.25) is 5.91 Å². The van der Waals surface area contributed by atoms with Crippen LogP contribution in [0.1, 0.15) is 47.0 Å². The summed E-state index contributed by atoms with van der Waals surface area (Å²) in [4.78, 5) is 28.0. The highest BCUT2D eigenvalue weighted by Crippen LogP contribution is 2.41. The lowest BCUT2D eigenvalue weighted by atomic mass is 9.95. The van der Waals surface area contributed by atoms with Gasteiger partial charge in [-0.3, -0.25) is 9.59 Å². The summed E-state index contributed by atoms with van der Waals surface area (Å²) in [6.45, 7) is 8.12. The van der Waals surface area contributed by atoms with Crippen LogP contribution in [-0.4, -0.2) is 71.7 Å². The molecule has 1 rings (SSSR count). The quantitative estimate of drug-likeness (QED) is 0.680. The molecule has 0 aliphatic heterocycles. The second-order valence-electron chi connectivity index (χ2n) is 8.01. The molecular weight excluding hydrogens is 296 g/mol. The van der Waals surface area contributed by atoms with Gasteiger partial charge < -0.3 is 19.6 Å². The van der Waals surface area contributed by atoms with E-state index in [0.717, 1.165) is 12.8 Å². The van der Waals surface area contributed by atoms with Gasteiger partial charge in [0.05, 0.1) is 12.0 Å². The van der Waals surface area contributed by atoms with Gasteiger partial charge in [0, 0.05) is 13.1 Å². The van der Waals surface area contributed by atoms with Crippen molar-refractivity contribution in [2.75, 3.05) is 33.7 Å². The zero-order chi connectivity index (χ0) is 17.8. The van der Waals surface area contributed by atoms with E-state index in [1.807, 2.05) is 19.0 Å². The van der Waals surface area contributed by atoms with Gasteiger partial charge in [-0.05, 0) is 60.5 Å². The van der Waals surface area contributed by atoms with Gasteiger partial charge in [-0.15, -0.1) is 0 Å². The van der Waals surface area contributed by atoms with Crippen molar-refractivity contribution >= 4 is 11.9 Å². The minimum absolute atomic E-state index is 0.0495. The van der Waals surface area contributed by atoms with E-state index >= 15 is 0 Å². The highest BCUT2D eigenvalue weighted by molar-refractivity contribution is 5.82. The van der Waals surface area contributed by atoms with Crippen LogP contribution in [0.25, 0.3) is 0 Å². The standard InChI is InChI=1S/C17H32N2O4/c1-16(2,3)23-15(21)12-19(10-9-18(5)6)14(20)11-17(4,22)13-7-8-13/h13,22H,7-12H2,1-6H3. The first-order valence-corrected chi connectivity index (χ1v) is 8.27. The fraction of sp³-hybridized carbons (Fsp3) is 0.882. The summed E-state index contributed by atoms with van der Waals surface area (Å²) in [5.41, 5.74) is -1.56. The number of esters is 1. The topological polar surface area (TPSA) is 70.1 Å². The van der Waals surface area contributed by atoms with E-state index in [9.17, 15) is 14.7 Å². The highest BCUT2D eigenvalue weighted by Gasteiger charge is 2.42. The van der Waals surface area contributed by atoms with E-state index in [1.165, 1.54) is 4.90 Å². The van der Waals surface area contributed by atoms with Gasteiger partial charge in [0.1, 0.15) is 12.1 Å². The van der Waals surface area contributed by atoms with E-state index in [-0.39, 0.29) is 24.8 Å². The number of aliphatic hydroxyl groups is 1. The van der Waals surface area contributed by atoms with Crippen LogP contribution in [0.15, 0.2) is 0 Å². The largest absolute Gasteiger partial charge is 0.459 e. The van der Waals surface area contributed by atoms with Crippen LogP contribution in [0.3, 0.4) is 0 Å². The summed E-state index contributed by atoms with van der Waals surface area (Å²) in [7, 11) is 3.83. The summed E-state index contributed by atoms with van der Waals surface area (Å²) in [6.07, 6.45) is 1.97. The van der Waals surface area contributed by atoms with Crippen molar-refractivity contribution < 1.29 is 19.4 Å². The number of ether oxygens (including phenoxy) is 1. The smallest absolute Gasteiger partial charge is 0.326 e. The van der Waals surface area contributed by atoms with E-state index in [1.54, 1.807) is 27.7 Å². The van der Waals surface area contributed by atoms with Gasteiger partial charge in [-0.25, -0.2) is 0 Å². The van der Waals surface area contributed by atoms with Crippen molar-refractivity contribution in [2.45, 2.75) is 58.2 Å². The minimum atomic E-state index is -0.985. The van der Waals surface area contributed by atoms with Crippen LogP contribution in [0.5, 0.6) is 0 Å². The zero-order valence-corrected chi connectivity index (χ0v) is 15.4. The van der Waals surface area contributed by atoms with Crippen molar-refractivity contribution in [3.8, 4) is 0 Å². The van der Waals surface area contributed by atoms with Crippen LogP contribution in [0, 0.1) is 5.92 Å². The summed E-state index contributed by atoms with van der Waals surface area (Å²) in [5.74, 6) is -0.422. The summed E-state index contributed by atoms with van der Waals surface area (Å²) in [6, 6.07) is 0. The third-order valence-corrected chi connectivity index (χ3v) is 3.88. The Morgan fingerprint density at radius 2 is 1.70 bits per heavy atom. The van der Waals surface area contributed by atoms with Crippen molar-refractivity contribution in [1.82, 2.24) is 9.80 Å². The van der Waals surface area contributed by atoms with Crippen LogP contribution in [0.4, 0.5) is 0 Å². The molecule has 1 amide bonds. The second-order valence-corrected chi connectivity index (χ2v) is 8.01. The lowest BCUT2D eigenvalue weighted by Gasteiger charge is -2.29. The molecule has 6 heteroatoms. The fourth-order valence-corrected chi connectivity index (χ4v) is 2.41. The summed E-state index contributed by atoms with van der Waals surface area (Å²) in [5, 5.41) is 10.4. The SMILES string of the molecule is CN(C)CCN(CC(=O)OC(C)(C)C)C(=O)CC(C)(O)C1CC1. The van der Waals surface area contributed by atoms with Crippen LogP contribution in [-0.2, 0) is 14.3 Å². The summed E-state index contributed by atoms with van der Waals surface area (Å²) < 4.78 is 5.31. The molecule has 1 saturated carbocycles. The number of carbonyl (C=O) groups is 2. The first kappa shape index (κ1) is 19.9. The third-order valence-electron chi connectivity index (χ3n) is 3.88. The maximum Gasteiger partial charge on any atom is 0.326 e. The molecule has 0 radical (unpaired) electrons. The zero-order valence-electron chi connectivity index (χ0n) is 15.4. The molecule has 0 bridgehead atoms. The maximum absolute atomic E-state index is 12.5. The molecule has 0 aromatic carbocycles. The number of amides is 1. The number of hydrogen-bond acceptors (Lipinski definition) is 5. The Balaban J connectivity index is 2.66. The van der Waals surface area contributed by atoms with Crippen molar-refractivity contribution in [2.24, 2.45) is 5.92 Å². The van der Waals surface area contributed by atoms with Gasteiger partial charge in [-0.1, -0.05) is 0 Å². The average molecular weight is 328 g/mol. The maximum atomic E-state index is 12.5. The second kappa shape index (κ2) is 7.62. The Morgan fingerprint density at radius 3 is 2.13 bits per heavy atom. The number of carbonyl (C=O) groups excluding carboxylic acids is 2. The molecule has 1 aliphatic carbocycles. The van der Waals surface area contributed by atoms with E-state index in [2.05, 4.69) is 0 Å². The first-order valence-electron chi connectivity index (χ1n) is 8.27. The monoisotopic (exact) mass is 328 g/mol. The number of likely N-dealkylation sites (N-methyl/N-ethyl adjacent to an activating group) is 1. The number of hydrogen-bond donors (Lipinski definition) is 1. The molecule has 6 nitrogen and oxygen atoms in total. The average Bonchev–Trinajstić information content (AvgIpc) is 3.15. The number of rotatable bonds is 8. The molecule has 134 valence electrons. The normalized spacial score (nSPS) is 17.7. The molecule has 1 fully saturated rings. The Labute approximate surface area is 139 Å². The molecule has 1 aliphatic rings. The van der Waals surface area contributed by atoms with E-state index < -0.39 is 17.2 Å². The predicted molar refractivity (Wildman–Crippen MR) is 88.9 cm³/mol. The first-order chi connectivity index (χ1) is 10.4. The number of nitrogens with zero attached hydrogens (tertiary/aromatic N) is 2. The molecule has 0 aromatic rings. The molecule has 0 saturated heterocycles. The molecule has 0 aromatic heterocycles. The van der Waals surface area contributed by atoms with Crippen molar-refractivity contribution in [3.05, 3.63) is 0 Å². The predicted octanol–water partition coefficient (Wildman–Crippen LogP) is 1.27. The Morgan fingerprint density at radius 1 is 1.13 bits per heavy atom. The van der Waals surface area contributed by atoms with Gasteiger partial charge in [-0.2, -0.15) is 0 Å². The Bertz CT molecular complexity index is 423. The highest BCUT2D eigenvalue weighted by atomic mass is 16.6. The fourth-order valence-electron chi connectivity index (χ4n) is 2.41. The lowest BCUT2D eigenvalue weighted by Crippen LogP contribution is -2.45. The van der Waals surface area contributed by atoms with Gasteiger partial charge in [0.25, 0.3) is 0 Å². The third kappa shape index (κ3) is 7.79. The van der Waals surface area contributed by atoms with E-state index in [0.29, 0.717) is 13.1 Å². The molecule has 1 atom stereocenters. The van der Waals surface area contributed by atoms with Crippen LogP contribution < -0.4 is 0 Å². The lowest BCUT2D eigenvalue weighted by molar-refractivity contribution is -0.160. The van der Waals surface area contributed by atoms with Gasteiger partial charge in [0.15, 0.2) is 0 Å². The molecular formula is C17H32N2O4. The van der Waals surface area contributed by atoms with Crippen LogP contribution in [0.2, 0.25) is 0 Å². The minimum Gasteiger partial charge on any atom is -0.459 e. The summed E-state index contributed by atoms with van der Waals surface area (Å²) >= 11 is 0. The molecule has 0 heterocycles. The molecule has 23 heavy (non-hydrogen) atoms. The Kier molecular flexibility index (Phi) is 6.59. The van der Waals surface area contributed by atoms with Crippen molar-refractivity contribution in [3.63, 3.8) is 0 Å². The molecule has 1 unspecified atom stereocenters. The van der Waals surface area contributed by atoms with Crippen molar-refractivity contribution in [1.29, 1.82) is 0 Å².